The molecule has 1 aromatic rings. The summed E-state index contributed by atoms with van der Waals surface area (Å²) in [7, 11) is 0. The van der Waals surface area contributed by atoms with Crippen LogP contribution in [0.3, 0.4) is 0 Å². The Morgan fingerprint density at radius 3 is 2.55 bits per heavy atom. The molecule has 0 aliphatic heterocycles. The zero-order valence-corrected chi connectivity index (χ0v) is 15.5. The molecule has 1 fully saturated rings. The highest BCUT2D eigenvalue weighted by molar-refractivity contribution is 9.10. The van der Waals surface area contributed by atoms with Crippen LogP contribution >= 0.6 is 31.9 Å². The van der Waals surface area contributed by atoms with Gasteiger partial charge in [0.15, 0.2) is 0 Å². The standard InChI is InChI=1S/C17H24Br2O/c1-13(2)15-6-8-17(12-18,9-7-15)20-11-14-4-3-5-16(19)10-14/h3-5,10,13,15H,6-9,11-12H2,1-2H3. The lowest BCUT2D eigenvalue weighted by molar-refractivity contribution is -0.0732. The molecule has 1 nitrogen and oxygen atoms in total. The lowest BCUT2D eigenvalue weighted by Gasteiger charge is -2.40. The molecule has 3 heteroatoms. The van der Waals surface area contributed by atoms with E-state index in [2.05, 4.69) is 70.0 Å². The van der Waals surface area contributed by atoms with Crippen molar-refractivity contribution in [2.24, 2.45) is 11.8 Å². The van der Waals surface area contributed by atoms with Gasteiger partial charge in [0.05, 0.1) is 12.2 Å². The van der Waals surface area contributed by atoms with Crippen molar-refractivity contribution in [3.63, 3.8) is 0 Å². The van der Waals surface area contributed by atoms with Crippen LogP contribution in [0.1, 0.15) is 45.1 Å². The van der Waals surface area contributed by atoms with Gasteiger partial charge in [-0.25, -0.2) is 0 Å². The van der Waals surface area contributed by atoms with Gasteiger partial charge < -0.3 is 4.74 Å². The first-order chi connectivity index (χ1) is 9.54. The van der Waals surface area contributed by atoms with E-state index in [9.17, 15) is 0 Å². The van der Waals surface area contributed by atoms with Gasteiger partial charge in [-0.15, -0.1) is 0 Å². The van der Waals surface area contributed by atoms with Crippen molar-refractivity contribution in [1.82, 2.24) is 0 Å². The fourth-order valence-corrected chi connectivity index (χ4v) is 4.18. The predicted molar refractivity (Wildman–Crippen MR) is 92.3 cm³/mol. The van der Waals surface area contributed by atoms with E-state index in [0.717, 1.165) is 21.6 Å². The molecule has 1 saturated carbocycles. The summed E-state index contributed by atoms with van der Waals surface area (Å²) in [6.07, 6.45) is 4.94. The van der Waals surface area contributed by atoms with E-state index in [1.165, 1.54) is 31.2 Å². The fraction of sp³-hybridized carbons (Fsp3) is 0.647. The minimum atomic E-state index is 0.0354. The molecule has 0 aromatic heterocycles. The summed E-state index contributed by atoms with van der Waals surface area (Å²) in [4.78, 5) is 0. The molecular weight excluding hydrogens is 380 g/mol. The lowest BCUT2D eigenvalue weighted by atomic mass is 9.75. The summed E-state index contributed by atoms with van der Waals surface area (Å²) in [5.41, 5.74) is 1.28. The topological polar surface area (TPSA) is 9.23 Å². The van der Waals surface area contributed by atoms with Crippen molar-refractivity contribution < 1.29 is 4.74 Å². The normalized spacial score (nSPS) is 26.9. The lowest BCUT2D eigenvalue weighted by Crippen LogP contribution is -2.39. The summed E-state index contributed by atoms with van der Waals surface area (Å²) in [5.74, 6) is 1.67. The minimum absolute atomic E-state index is 0.0354. The van der Waals surface area contributed by atoms with Crippen LogP contribution < -0.4 is 0 Å². The maximum atomic E-state index is 6.32. The number of benzene rings is 1. The molecule has 0 heterocycles. The van der Waals surface area contributed by atoms with Gasteiger partial charge >= 0.3 is 0 Å². The van der Waals surface area contributed by atoms with E-state index in [1.54, 1.807) is 0 Å². The minimum Gasteiger partial charge on any atom is -0.369 e. The van der Waals surface area contributed by atoms with Gasteiger partial charge in [-0.05, 0) is 55.2 Å². The van der Waals surface area contributed by atoms with Crippen LogP contribution in [0.5, 0.6) is 0 Å². The molecule has 0 spiro atoms. The summed E-state index contributed by atoms with van der Waals surface area (Å²) in [5, 5.41) is 0.943. The summed E-state index contributed by atoms with van der Waals surface area (Å²) in [6.45, 7) is 5.39. The molecule has 0 unspecified atom stereocenters. The van der Waals surface area contributed by atoms with Gasteiger partial charge in [-0.1, -0.05) is 57.8 Å². The Bertz CT molecular complexity index is 423. The van der Waals surface area contributed by atoms with Crippen molar-refractivity contribution in [3.8, 4) is 0 Å². The van der Waals surface area contributed by atoms with E-state index in [0.29, 0.717) is 6.61 Å². The summed E-state index contributed by atoms with van der Waals surface area (Å²) < 4.78 is 7.44. The van der Waals surface area contributed by atoms with E-state index < -0.39 is 0 Å². The molecule has 1 aliphatic carbocycles. The fourth-order valence-electron chi connectivity index (χ4n) is 3.01. The Kier molecular flexibility index (Phi) is 6.12. The highest BCUT2D eigenvalue weighted by atomic mass is 79.9. The van der Waals surface area contributed by atoms with Crippen LogP contribution in [-0.4, -0.2) is 10.9 Å². The van der Waals surface area contributed by atoms with Gasteiger partial charge in [0.2, 0.25) is 0 Å². The van der Waals surface area contributed by atoms with Crippen LogP contribution in [0, 0.1) is 11.8 Å². The van der Waals surface area contributed by atoms with Crippen LogP contribution in [0.15, 0.2) is 28.7 Å². The second-order valence-electron chi connectivity index (χ2n) is 6.32. The zero-order chi connectivity index (χ0) is 14.6. The molecule has 1 aliphatic rings. The largest absolute Gasteiger partial charge is 0.369 e. The van der Waals surface area contributed by atoms with Gasteiger partial charge in [0.1, 0.15) is 0 Å². The van der Waals surface area contributed by atoms with Crippen LogP contribution in [-0.2, 0) is 11.3 Å². The first-order valence-electron chi connectivity index (χ1n) is 7.49. The SMILES string of the molecule is CC(C)C1CCC(CBr)(OCc2cccc(Br)c2)CC1. The molecule has 0 atom stereocenters. The summed E-state index contributed by atoms with van der Waals surface area (Å²) >= 11 is 7.20. The van der Waals surface area contributed by atoms with Gasteiger partial charge in [-0.2, -0.15) is 0 Å². The third-order valence-electron chi connectivity index (χ3n) is 4.56. The molecule has 1 aromatic carbocycles. The van der Waals surface area contributed by atoms with Crippen LogP contribution in [0.2, 0.25) is 0 Å². The number of alkyl halides is 1. The molecule has 112 valence electrons. The molecule has 0 amide bonds. The molecule has 20 heavy (non-hydrogen) atoms. The Hall–Kier alpha value is 0.140. The van der Waals surface area contributed by atoms with Crippen LogP contribution in [0.4, 0.5) is 0 Å². The third-order valence-corrected chi connectivity index (χ3v) is 6.08. The average Bonchev–Trinajstić information content (AvgIpc) is 2.45. The Labute approximate surface area is 139 Å². The van der Waals surface area contributed by atoms with E-state index in [4.69, 9.17) is 4.74 Å². The van der Waals surface area contributed by atoms with E-state index in [1.807, 2.05) is 0 Å². The number of hydrogen-bond acceptors (Lipinski definition) is 1. The maximum Gasteiger partial charge on any atom is 0.0783 e. The summed E-state index contributed by atoms with van der Waals surface area (Å²) in [6, 6.07) is 8.39. The monoisotopic (exact) mass is 402 g/mol. The highest BCUT2D eigenvalue weighted by Gasteiger charge is 2.36. The number of hydrogen-bond donors (Lipinski definition) is 0. The van der Waals surface area contributed by atoms with Crippen LogP contribution in [0.25, 0.3) is 0 Å². The zero-order valence-electron chi connectivity index (χ0n) is 12.4. The second kappa shape index (κ2) is 7.42. The van der Waals surface area contributed by atoms with Crippen molar-refractivity contribution >= 4 is 31.9 Å². The molecule has 2 rings (SSSR count). The first-order valence-corrected chi connectivity index (χ1v) is 9.40. The Morgan fingerprint density at radius 2 is 2.00 bits per heavy atom. The molecule has 0 saturated heterocycles. The number of halogens is 2. The first kappa shape index (κ1) is 16.5. The smallest absolute Gasteiger partial charge is 0.0783 e. The molecule has 0 radical (unpaired) electrons. The predicted octanol–water partition coefficient (Wildman–Crippen LogP) is 5.95. The average molecular weight is 404 g/mol. The molecule has 0 N–H and O–H groups in total. The Balaban J connectivity index is 1.92. The van der Waals surface area contributed by atoms with Gasteiger partial charge in [-0.3, -0.25) is 0 Å². The molecular formula is C17H24Br2O. The molecule has 0 bridgehead atoms. The number of rotatable bonds is 5. The van der Waals surface area contributed by atoms with E-state index in [-0.39, 0.29) is 5.60 Å². The third kappa shape index (κ3) is 4.32. The van der Waals surface area contributed by atoms with Gasteiger partial charge in [0, 0.05) is 9.80 Å². The maximum absolute atomic E-state index is 6.32. The highest BCUT2D eigenvalue weighted by Crippen LogP contribution is 2.39. The number of ether oxygens (including phenoxy) is 1. The van der Waals surface area contributed by atoms with Crippen molar-refractivity contribution in [1.29, 1.82) is 0 Å². The van der Waals surface area contributed by atoms with Crippen molar-refractivity contribution in [2.45, 2.75) is 51.7 Å². The second-order valence-corrected chi connectivity index (χ2v) is 7.79. The van der Waals surface area contributed by atoms with Gasteiger partial charge in [0.25, 0.3) is 0 Å². The van der Waals surface area contributed by atoms with Crippen molar-refractivity contribution in [2.75, 3.05) is 5.33 Å². The quantitative estimate of drug-likeness (QED) is 0.552. The Morgan fingerprint density at radius 1 is 1.30 bits per heavy atom. The van der Waals surface area contributed by atoms with E-state index >= 15 is 0 Å². The van der Waals surface area contributed by atoms with Crippen molar-refractivity contribution in [3.05, 3.63) is 34.3 Å².